The van der Waals surface area contributed by atoms with Crippen LogP contribution in [0.5, 0.6) is 0 Å². The van der Waals surface area contributed by atoms with Crippen molar-refractivity contribution in [2.24, 2.45) is 0 Å². The Labute approximate surface area is 92.9 Å². The molecule has 1 amide bonds. The number of halogens is 1. The molecule has 3 N–H and O–H groups in total. The lowest BCUT2D eigenvalue weighted by Crippen LogP contribution is -2.45. The van der Waals surface area contributed by atoms with Gasteiger partial charge in [-0.15, -0.1) is 0 Å². The molecule has 88 valence electrons. The second kappa shape index (κ2) is 4.65. The molecule has 1 saturated carbocycles. The highest BCUT2D eigenvalue weighted by Gasteiger charge is 2.25. The minimum Gasteiger partial charge on any atom is -0.391 e. The fourth-order valence-corrected chi connectivity index (χ4v) is 2.02. The maximum atomic E-state index is 12.7. The highest BCUT2D eigenvalue weighted by molar-refractivity contribution is 5.92. The summed E-state index contributed by atoms with van der Waals surface area (Å²) in [6.45, 7) is 0. The zero-order valence-corrected chi connectivity index (χ0v) is 8.87. The van der Waals surface area contributed by atoms with Gasteiger partial charge in [0.25, 0.3) is 5.91 Å². The van der Waals surface area contributed by atoms with Crippen molar-refractivity contribution >= 4 is 5.91 Å². The normalized spacial score (nSPS) is 25.4. The fraction of sp³-hybridized carbons (Fsp3) is 0.545. The first-order valence-corrected chi connectivity index (χ1v) is 5.49. The molecule has 5 heteroatoms. The molecule has 0 saturated heterocycles. The second-order valence-corrected chi connectivity index (χ2v) is 4.16. The van der Waals surface area contributed by atoms with E-state index in [9.17, 15) is 14.3 Å². The molecule has 0 spiro atoms. The van der Waals surface area contributed by atoms with Gasteiger partial charge in [-0.1, -0.05) is 12.8 Å². The van der Waals surface area contributed by atoms with Gasteiger partial charge in [0.05, 0.1) is 12.1 Å². The van der Waals surface area contributed by atoms with Crippen LogP contribution >= 0.6 is 0 Å². The summed E-state index contributed by atoms with van der Waals surface area (Å²) >= 11 is 0. The van der Waals surface area contributed by atoms with E-state index >= 15 is 0 Å². The summed E-state index contributed by atoms with van der Waals surface area (Å²) in [6, 6.07) is 0.928. The van der Waals surface area contributed by atoms with Crippen LogP contribution in [-0.2, 0) is 0 Å². The summed E-state index contributed by atoms with van der Waals surface area (Å²) < 4.78 is 12.7. The number of rotatable bonds is 2. The Hall–Kier alpha value is -1.36. The molecular weight excluding hydrogens is 211 g/mol. The number of carbonyl (C=O) groups is 1. The van der Waals surface area contributed by atoms with E-state index in [1.165, 1.54) is 0 Å². The number of aromatic amines is 1. The zero-order valence-electron chi connectivity index (χ0n) is 8.87. The van der Waals surface area contributed by atoms with Crippen molar-refractivity contribution in [1.29, 1.82) is 0 Å². The van der Waals surface area contributed by atoms with E-state index in [1.54, 1.807) is 0 Å². The predicted octanol–water partition coefficient (Wildman–Crippen LogP) is 1.19. The van der Waals surface area contributed by atoms with Crippen LogP contribution in [0.15, 0.2) is 12.3 Å². The molecule has 0 bridgehead atoms. The van der Waals surface area contributed by atoms with Crippen LogP contribution in [0.4, 0.5) is 4.39 Å². The number of nitrogens with one attached hydrogen (secondary N) is 2. The molecule has 1 fully saturated rings. The monoisotopic (exact) mass is 226 g/mol. The maximum Gasteiger partial charge on any atom is 0.268 e. The van der Waals surface area contributed by atoms with Crippen LogP contribution in [-0.4, -0.2) is 28.1 Å². The van der Waals surface area contributed by atoms with E-state index in [4.69, 9.17) is 0 Å². The summed E-state index contributed by atoms with van der Waals surface area (Å²) in [4.78, 5) is 14.2. The second-order valence-electron chi connectivity index (χ2n) is 4.16. The van der Waals surface area contributed by atoms with Crippen LogP contribution in [0.25, 0.3) is 0 Å². The Morgan fingerprint density at radius 1 is 1.50 bits per heavy atom. The van der Waals surface area contributed by atoms with Crippen molar-refractivity contribution in [1.82, 2.24) is 10.3 Å². The first kappa shape index (κ1) is 11.1. The predicted molar refractivity (Wildman–Crippen MR) is 56.5 cm³/mol. The van der Waals surface area contributed by atoms with Crippen molar-refractivity contribution in [2.45, 2.75) is 37.8 Å². The van der Waals surface area contributed by atoms with Crippen LogP contribution < -0.4 is 5.32 Å². The lowest BCUT2D eigenvalue weighted by Gasteiger charge is -2.28. The number of hydrogen-bond donors (Lipinski definition) is 3. The Morgan fingerprint density at radius 3 is 2.88 bits per heavy atom. The van der Waals surface area contributed by atoms with E-state index in [-0.39, 0.29) is 17.6 Å². The third-order valence-corrected chi connectivity index (χ3v) is 2.94. The zero-order chi connectivity index (χ0) is 11.5. The van der Waals surface area contributed by atoms with E-state index in [2.05, 4.69) is 10.3 Å². The average molecular weight is 226 g/mol. The van der Waals surface area contributed by atoms with Crippen molar-refractivity contribution in [3.05, 3.63) is 23.8 Å². The molecular formula is C11H15FN2O2. The third kappa shape index (κ3) is 2.41. The summed E-state index contributed by atoms with van der Waals surface area (Å²) in [5, 5.41) is 12.4. The molecule has 0 radical (unpaired) electrons. The number of aliphatic hydroxyl groups is 1. The number of amides is 1. The summed E-state index contributed by atoms with van der Waals surface area (Å²) in [6.07, 6.45) is 4.12. The number of aliphatic hydroxyl groups excluding tert-OH is 1. The van der Waals surface area contributed by atoms with Gasteiger partial charge in [-0.3, -0.25) is 4.79 Å². The lowest BCUT2D eigenvalue weighted by atomic mass is 9.92. The van der Waals surface area contributed by atoms with Crippen molar-refractivity contribution in [2.75, 3.05) is 0 Å². The van der Waals surface area contributed by atoms with Gasteiger partial charge in [-0.05, 0) is 12.8 Å². The fourth-order valence-electron chi connectivity index (χ4n) is 2.02. The summed E-state index contributed by atoms with van der Waals surface area (Å²) in [5.74, 6) is -0.829. The molecule has 1 aromatic heterocycles. The van der Waals surface area contributed by atoms with Gasteiger partial charge in [0.1, 0.15) is 11.5 Å². The molecule has 1 aliphatic rings. The van der Waals surface area contributed by atoms with Crippen LogP contribution in [0.3, 0.4) is 0 Å². The number of carbonyl (C=O) groups excluding carboxylic acids is 1. The molecule has 1 aromatic rings. The first-order chi connectivity index (χ1) is 7.66. The van der Waals surface area contributed by atoms with Crippen LogP contribution in [0, 0.1) is 5.82 Å². The summed E-state index contributed by atoms with van der Waals surface area (Å²) in [7, 11) is 0. The van der Waals surface area contributed by atoms with Gasteiger partial charge < -0.3 is 15.4 Å². The number of hydrogen-bond acceptors (Lipinski definition) is 2. The maximum absolute atomic E-state index is 12.7. The molecule has 1 aliphatic carbocycles. The van der Waals surface area contributed by atoms with E-state index in [0.717, 1.165) is 31.5 Å². The van der Waals surface area contributed by atoms with Gasteiger partial charge in [-0.2, -0.15) is 0 Å². The van der Waals surface area contributed by atoms with Crippen LogP contribution in [0.1, 0.15) is 36.2 Å². The molecule has 4 nitrogen and oxygen atoms in total. The molecule has 2 rings (SSSR count). The Kier molecular flexibility index (Phi) is 3.24. The lowest BCUT2D eigenvalue weighted by molar-refractivity contribution is 0.0714. The standard InChI is InChI=1S/C11H15FN2O2/c12-7-5-9(13-6-7)11(16)14-8-3-1-2-4-10(8)15/h5-6,8,10,13,15H,1-4H2,(H,14,16)/t8-,10-/m0/s1. The smallest absolute Gasteiger partial charge is 0.268 e. The van der Waals surface area contributed by atoms with Gasteiger partial charge >= 0.3 is 0 Å². The van der Waals surface area contributed by atoms with E-state index < -0.39 is 11.9 Å². The van der Waals surface area contributed by atoms with Crippen molar-refractivity contribution in [3.8, 4) is 0 Å². The highest BCUT2D eigenvalue weighted by atomic mass is 19.1. The Morgan fingerprint density at radius 2 is 2.25 bits per heavy atom. The van der Waals surface area contributed by atoms with Gasteiger partial charge in [0.15, 0.2) is 0 Å². The Balaban J connectivity index is 1.96. The summed E-state index contributed by atoms with van der Waals surface area (Å²) in [5.41, 5.74) is 0.190. The molecule has 0 aromatic carbocycles. The topological polar surface area (TPSA) is 65.1 Å². The largest absolute Gasteiger partial charge is 0.391 e. The van der Waals surface area contributed by atoms with Crippen molar-refractivity contribution in [3.63, 3.8) is 0 Å². The minimum atomic E-state index is -0.488. The molecule has 0 unspecified atom stereocenters. The molecule has 16 heavy (non-hydrogen) atoms. The quantitative estimate of drug-likeness (QED) is 0.709. The molecule has 2 atom stereocenters. The van der Waals surface area contributed by atoms with E-state index in [0.29, 0.717) is 6.42 Å². The number of H-pyrrole nitrogens is 1. The highest BCUT2D eigenvalue weighted by Crippen LogP contribution is 2.18. The van der Waals surface area contributed by atoms with Crippen molar-refractivity contribution < 1.29 is 14.3 Å². The third-order valence-electron chi connectivity index (χ3n) is 2.94. The van der Waals surface area contributed by atoms with Gasteiger partial charge in [0.2, 0.25) is 0 Å². The molecule has 1 heterocycles. The Bertz CT molecular complexity index is 378. The van der Waals surface area contributed by atoms with Gasteiger partial charge in [-0.25, -0.2) is 4.39 Å². The average Bonchev–Trinajstić information content (AvgIpc) is 2.68. The van der Waals surface area contributed by atoms with Crippen LogP contribution in [0.2, 0.25) is 0 Å². The number of aromatic nitrogens is 1. The first-order valence-electron chi connectivity index (χ1n) is 5.49. The molecule has 0 aliphatic heterocycles. The minimum absolute atomic E-state index is 0.190. The van der Waals surface area contributed by atoms with Gasteiger partial charge in [0, 0.05) is 12.3 Å². The van der Waals surface area contributed by atoms with E-state index in [1.807, 2.05) is 0 Å². The SMILES string of the molecule is O=C(N[C@H]1CCCC[C@@H]1O)c1cc(F)c[nH]1.